The maximum Gasteiger partial charge on any atom is 0.277 e. The monoisotopic (exact) mass is 345 g/mol. The Labute approximate surface area is 146 Å². The van der Waals surface area contributed by atoms with Crippen molar-refractivity contribution in [3.63, 3.8) is 0 Å². The van der Waals surface area contributed by atoms with Gasteiger partial charge in [0, 0.05) is 18.2 Å². The summed E-state index contributed by atoms with van der Waals surface area (Å²) >= 11 is 1.32. The molecule has 2 aromatic rings. The summed E-state index contributed by atoms with van der Waals surface area (Å²) < 4.78 is 5.65. The summed E-state index contributed by atoms with van der Waals surface area (Å²) in [7, 11) is 0. The van der Waals surface area contributed by atoms with Crippen molar-refractivity contribution in [1.82, 2.24) is 15.1 Å². The lowest BCUT2D eigenvalue weighted by Crippen LogP contribution is -2.42. The van der Waals surface area contributed by atoms with Crippen LogP contribution in [0.5, 0.6) is 0 Å². The fourth-order valence-electron chi connectivity index (χ4n) is 3.20. The highest BCUT2D eigenvalue weighted by Gasteiger charge is 2.24. The van der Waals surface area contributed by atoms with E-state index in [1.807, 2.05) is 35.2 Å². The van der Waals surface area contributed by atoms with Crippen molar-refractivity contribution in [2.45, 2.75) is 50.3 Å². The molecule has 3 rings (SSSR count). The van der Waals surface area contributed by atoms with Gasteiger partial charge >= 0.3 is 0 Å². The average Bonchev–Trinajstić information content (AvgIpc) is 3.11. The minimum atomic E-state index is 0.161. The van der Waals surface area contributed by atoms with Gasteiger partial charge in [0.25, 0.3) is 5.22 Å². The van der Waals surface area contributed by atoms with Crippen molar-refractivity contribution in [2.24, 2.45) is 0 Å². The summed E-state index contributed by atoms with van der Waals surface area (Å²) in [5.74, 6) is 1.000. The Hall–Kier alpha value is -1.82. The number of nitrogens with zero attached hydrogens (tertiary/aromatic N) is 3. The van der Waals surface area contributed by atoms with Gasteiger partial charge in [-0.1, -0.05) is 49.2 Å². The third-order valence-corrected chi connectivity index (χ3v) is 5.23. The molecule has 0 bridgehead atoms. The van der Waals surface area contributed by atoms with Crippen LogP contribution in [0.2, 0.25) is 0 Å². The number of benzene rings is 1. The lowest BCUT2D eigenvalue weighted by molar-refractivity contribution is -0.131. The second kappa shape index (κ2) is 8.33. The van der Waals surface area contributed by atoms with E-state index in [9.17, 15) is 4.79 Å². The van der Waals surface area contributed by atoms with E-state index >= 15 is 0 Å². The Bertz CT molecular complexity index is 653. The van der Waals surface area contributed by atoms with Crippen LogP contribution in [0.1, 0.15) is 39.0 Å². The van der Waals surface area contributed by atoms with Gasteiger partial charge in [-0.3, -0.25) is 4.79 Å². The molecule has 0 atom stereocenters. The van der Waals surface area contributed by atoms with Crippen LogP contribution in [-0.4, -0.2) is 39.3 Å². The van der Waals surface area contributed by atoms with Crippen LogP contribution in [0, 0.1) is 0 Å². The standard InChI is InChI=1S/C18H23N3O2S/c1-2-21(15-11-7-4-8-12-15)16(22)13-24-18-20-19-17(23-18)14-9-5-3-6-10-14/h3,5-6,9-10,15H,2,4,7-8,11-13H2,1H3. The van der Waals surface area contributed by atoms with Crippen molar-refractivity contribution in [3.05, 3.63) is 30.3 Å². The smallest absolute Gasteiger partial charge is 0.277 e. The molecular weight excluding hydrogens is 322 g/mol. The van der Waals surface area contributed by atoms with Crippen LogP contribution < -0.4 is 0 Å². The van der Waals surface area contributed by atoms with Crippen LogP contribution in [0.4, 0.5) is 0 Å². The van der Waals surface area contributed by atoms with E-state index in [0.717, 1.165) is 24.9 Å². The van der Waals surface area contributed by atoms with E-state index in [0.29, 0.717) is 22.9 Å². The number of hydrogen-bond donors (Lipinski definition) is 0. The van der Waals surface area contributed by atoms with E-state index in [1.165, 1.54) is 31.0 Å². The maximum absolute atomic E-state index is 12.5. The van der Waals surface area contributed by atoms with Gasteiger partial charge in [0.05, 0.1) is 5.75 Å². The lowest BCUT2D eigenvalue weighted by atomic mass is 9.94. The molecular formula is C18H23N3O2S. The zero-order valence-electron chi connectivity index (χ0n) is 14.0. The molecule has 1 heterocycles. The van der Waals surface area contributed by atoms with Gasteiger partial charge in [0.1, 0.15) is 0 Å². The SMILES string of the molecule is CCN(C(=O)CSc1nnc(-c2ccccc2)o1)C1CCCCC1. The molecule has 5 nitrogen and oxygen atoms in total. The summed E-state index contributed by atoms with van der Waals surface area (Å²) in [6, 6.07) is 10.1. The summed E-state index contributed by atoms with van der Waals surface area (Å²) in [6.07, 6.45) is 6.00. The average molecular weight is 345 g/mol. The lowest BCUT2D eigenvalue weighted by Gasteiger charge is -2.33. The van der Waals surface area contributed by atoms with Crippen molar-refractivity contribution in [2.75, 3.05) is 12.3 Å². The van der Waals surface area contributed by atoms with Crippen LogP contribution in [0.25, 0.3) is 11.5 Å². The Morgan fingerprint density at radius 1 is 1.21 bits per heavy atom. The highest BCUT2D eigenvalue weighted by Crippen LogP contribution is 2.25. The predicted molar refractivity (Wildman–Crippen MR) is 94.7 cm³/mol. The van der Waals surface area contributed by atoms with Crippen LogP contribution in [-0.2, 0) is 4.79 Å². The van der Waals surface area contributed by atoms with E-state index in [-0.39, 0.29) is 5.91 Å². The van der Waals surface area contributed by atoms with Crippen LogP contribution in [0.3, 0.4) is 0 Å². The molecule has 6 heteroatoms. The minimum absolute atomic E-state index is 0.161. The normalized spacial score (nSPS) is 15.4. The molecule has 1 aromatic heterocycles. The van der Waals surface area contributed by atoms with Gasteiger partial charge in [0.15, 0.2) is 0 Å². The van der Waals surface area contributed by atoms with Crippen molar-refractivity contribution in [3.8, 4) is 11.5 Å². The first-order valence-electron chi connectivity index (χ1n) is 8.59. The molecule has 1 amide bonds. The van der Waals surface area contributed by atoms with Crippen molar-refractivity contribution >= 4 is 17.7 Å². The third kappa shape index (κ3) is 4.17. The molecule has 1 aliphatic rings. The first-order valence-corrected chi connectivity index (χ1v) is 9.57. The number of amides is 1. The number of carbonyl (C=O) groups excluding carboxylic acids is 1. The number of carbonyl (C=O) groups is 1. The summed E-state index contributed by atoms with van der Waals surface area (Å²) in [5.41, 5.74) is 0.889. The first kappa shape index (κ1) is 17.0. The summed E-state index contributed by atoms with van der Waals surface area (Å²) in [6.45, 7) is 2.82. The molecule has 24 heavy (non-hydrogen) atoms. The molecule has 0 saturated heterocycles. The Kier molecular flexibility index (Phi) is 5.91. The number of hydrogen-bond acceptors (Lipinski definition) is 5. The fourth-order valence-corrected chi connectivity index (χ4v) is 3.85. The Morgan fingerprint density at radius 2 is 1.96 bits per heavy atom. The molecule has 1 fully saturated rings. The van der Waals surface area contributed by atoms with Crippen molar-refractivity contribution < 1.29 is 9.21 Å². The highest BCUT2D eigenvalue weighted by atomic mass is 32.2. The van der Waals surface area contributed by atoms with E-state index in [1.54, 1.807) is 0 Å². The van der Waals surface area contributed by atoms with E-state index in [2.05, 4.69) is 17.1 Å². The second-order valence-corrected chi connectivity index (χ2v) is 6.93. The highest BCUT2D eigenvalue weighted by molar-refractivity contribution is 7.99. The van der Waals surface area contributed by atoms with Gasteiger partial charge in [-0.25, -0.2) is 0 Å². The van der Waals surface area contributed by atoms with Gasteiger partial charge < -0.3 is 9.32 Å². The summed E-state index contributed by atoms with van der Waals surface area (Å²) in [4.78, 5) is 14.6. The van der Waals surface area contributed by atoms with Gasteiger partial charge in [-0.05, 0) is 31.9 Å². The Morgan fingerprint density at radius 3 is 2.67 bits per heavy atom. The molecule has 1 aliphatic carbocycles. The number of rotatable bonds is 6. The van der Waals surface area contributed by atoms with Gasteiger partial charge in [-0.2, -0.15) is 0 Å². The second-order valence-electron chi connectivity index (χ2n) is 6.00. The molecule has 0 spiro atoms. The summed E-state index contributed by atoms with van der Waals surface area (Å²) in [5, 5.41) is 8.54. The third-order valence-electron chi connectivity index (χ3n) is 4.42. The quantitative estimate of drug-likeness (QED) is 0.740. The molecule has 0 N–H and O–H groups in total. The molecule has 0 aliphatic heterocycles. The number of aromatic nitrogens is 2. The molecule has 1 aromatic carbocycles. The van der Waals surface area contributed by atoms with Gasteiger partial charge in [-0.15, -0.1) is 10.2 Å². The molecule has 0 radical (unpaired) electrons. The first-order chi connectivity index (χ1) is 11.8. The van der Waals surface area contributed by atoms with Crippen LogP contribution >= 0.6 is 11.8 Å². The molecule has 1 saturated carbocycles. The van der Waals surface area contributed by atoms with Gasteiger partial charge in [0.2, 0.25) is 11.8 Å². The largest absolute Gasteiger partial charge is 0.411 e. The molecule has 128 valence electrons. The predicted octanol–water partition coefficient (Wildman–Crippen LogP) is 4.01. The zero-order chi connectivity index (χ0) is 16.8. The maximum atomic E-state index is 12.5. The fraction of sp³-hybridized carbons (Fsp3) is 0.500. The van der Waals surface area contributed by atoms with E-state index in [4.69, 9.17) is 4.42 Å². The van der Waals surface area contributed by atoms with Crippen LogP contribution in [0.15, 0.2) is 40.0 Å². The van der Waals surface area contributed by atoms with Crippen molar-refractivity contribution in [1.29, 1.82) is 0 Å². The topological polar surface area (TPSA) is 59.2 Å². The zero-order valence-corrected chi connectivity index (χ0v) is 14.8. The van der Waals surface area contributed by atoms with E-state index < -0.39 is 0 Å². The molecule has 0 unspecified atom stereocenters. The minimum Gasteiger partial charge on any atom is -0.411 e. The number of thioether (sulfide) groups is 1. The Balaban J connectivity index is 1.56.